The monoisotopic (exact) mass is 774 g/mol. The average Bonchev–Trinajstić information content (AvgIpc) is 3.99. The fourth-order valence-electron chi connectivity index (χ4n) is 6.68. The number of hydrogen-bond acceptors (Lipinski definition) is 10. The number of likely N-dealkylation sites (tertiary alicyclic amines) is 1. The van der Waals surface area contributed by atoms with Crippen molar-refractivity contribution in [1.29, 1.82) is 0 Å². The number of amides is 6. The molecular weight excluding hydrogens is 727 g/mol. The van der Waals surface area contributed by atoms with Crippen LogP contribution in [-0.4, -0.2) is 113 Å². The molecule has 2 heterocycles. The Hall–Kier alpha value is -5.00. The molecule has 4 aliphatic rings. The quantitative estimate of drug-likeness (QED) is 0.196. The van der Waals surface area contributed by atoms with E-state index < -0.39 is 92.2 Å². The van der Waals surface area contributed by atoms with Crippen LogP contribution in [0.5, 0.6) is 0 Å². The zero-order valence-corrected chi connectivity index (χ0v) is 31.6. The molecule has 1 aromatic carbocycles. The van der Waals surface area contributed by atoms with Crippen LogP contribution in [0.2, 0.25) is 0 Å². The van der Waals surface area contributed by atoms with Gasteiger partial charge in [-0.3, -0.25) is 28.8 Å². The highest BCUT2D eigenvalue weighted by Gasteiger charge is 2.62. The first-order chi connectivity index (χ1) is 25.3. The number of ether oxygens (including phenoxy) is 2. The van der Waals surface area contributed by atoms with Crippen LogP contribution in [0.4, 0.5) is 14.0 Å². The smallest absolute Gasteiger partial charge is 0.410 e. The molecule has 54 heavy (non-hydrogen) atoms. The van der Waals surface area contributed by atoms with Gasteiger partial charge in [-0.15, -0.1) is 6.58 Å². The van der Waals surface area contributed by atoms with E-state index >= 15 is 0 Å². The number of benzene rings is 1. The number of carbonyl (C=O) groups is 6. The SMILES string of the molecule is C=CC(=O)N(CC)CC(NC(=O)OC(C)(C)C)C(=O)N1CC(OC(=O)N2Cc3cccc(F)c3C2)CC1C(=O)NC1(C(=O)NS(=O)(=O)C2CC2)CC1C=C. The lowest BCUT2D eigenvalue weighted by atomic mass is 10.1. The number of alkyl carbamates (subject to hydrolysis) is 1. The molecule has 0 radical (unpaired) electrons. The van der Waals surface area contributed by atoms with Gasteiger partial charge in [0.25, 0.3) is 5.91 Å². The van der Waals surface area contributed by atoms with Gasteiger partial charge in [-0.25, -0.2) is 22.4 Å². The van der Waals surface area contributed by atoms with Crippen molar-refractivity contribution >= 4 is 45.8 Å². The van der Waals surface area contributed by atoms with Gasteiger partial charge >= 0.3 is 12.2 Å². The van der Waals surface area contributed by atoms with Crippen molar-refractivity contribution in [3.8, 4) is 0 Å². The number of likely N-dealkylation sites (N-methyl/N-ethyl adjacent to an activating group) is 1. The molecule has 5 atom stereocenters. The van der Waals surface area contributed by atoms with E-state index in [1.807, 2.05) is 0 Å². The number of nitrogens with one attached hydrogen (secondary N) is 3. The Labute approximate surface area is 313 Å². The summed E-state index contributed by atoms with van der Waals surface area (Å²) in [6, 6.07) is 1.64. The molecule has 0 aromatic heterocycles. The highest BCUT2D eigenvalue weighted by Crippen LogP contribution is 2.45. The van der Waals surface area contributed by atoms with Crippen molar-refractivity contribution < 1.29 is 51.0 Å². The van der Waals surface area contributed by atoms with Gasteiger partial charge in [0, 0.05) is 31.0 Å². The molecule has 3 fully saturated rings. The normalized spacial score (nSPS) is 23.7. The maximum atomic E-state index is 14.4. The minimum Gasteiger partial charge on any atom is -0.444 e. The summed E-state index contributed by atoms with van der Waals surface area (Å²) in [6.45, 7) is 13.1. The van der Waals surface area contributed by atoms with Gasteiger partial charge in [0.1, 0.15) is 35.1 Å². The molecule has 0 spiro atoms. The fourth-order valence-corrected chi connectivity index (χ4v) is 8.04. The Kier molecular flexibility index (Phi) is 11.5. The third-order valence-electron chi connectivity index (χ3n) is 9.81. The van der Waals surface area contributed by atoms with E-state index in [9.17, 15) is 41.6 Å². The van der Waals surface area contributed by atoms with E-state index in [-0.39, 0.29) is 45.6 Å². The van der Waals surface area contributed by atoms with Crippen LogP contribution in [0, 0.1) is 11.7 Å². The summed E-state index contributed by atoms with van der Waals surface area (Å²) in [4.78, 5) is 84.7. The predicted molar refractivity (Wildman–Crippen MR) is 191 cm³/mol. The third kappa shape index (κ3) is 8.85. The van der Waals surface area contributed by atoms with Crippen LogP contribution in [0.25, 0.3) is 0 Å². The molecule has 1 aromatic rings. The van der Waals surface area contributed by atoms with Crippen molar-refractivity contribution in [3.05, 3.63) is 60.5 Å². The first-order valence-electron chi connectivity index (χ1n) is 17.8. The first-order valence-corrected chi connectivity index (χ1v) is 19.3. The molecule has 2 saturated carbocycles. The lowest BCUT2D eigenvalue weighted by Gasteiger charge is -2.32. The second-order valence-corrected chi connectivity index (χ2v) is 16.9. The molecule has 3 N–H and O–H groups in total. The number of halogens is 1. The zero-order chi connectivity index (χ0) is 39.7. The van der Waals surface area contributed by atoms with Gasteiger partial charge in [-0.2, -0.15) is 0 Å². The van der Waals surface area contributed by atoms with Gasteiger partial charge < -0.3 is 29.9 Å². The van der Waals surface area contributed by atoms with Crippen molar-refractivity contribution in [2.24, 2.45) is 5.92 Å². The Morgan fingerprint density at radius 3 is 2.41 bits per heavy atom. The summed E-state index contributed by atoms with van der Waals surface area (Å²) in [7, 11) is -3.98. The molecule has 5 unspecified atom stereocenters. The standard InChI is InChI=1S/C36H47FN6O10S/c1-7-22-16-36(22,32(47)40-54(50,51)24-13-14-24)39-30(45)28-15-23(52-34(49)42-17-21-11-10-12-26(37)25(21)19-42)18-43(28)31(46)27(20-41(9-3)29(44)8-2)38-33(48)53-35(4,5)6/h7-8,10-12,22-24,27-28H,1-2,9,13-20H2,3-6H3,(H,38,48)(H,39,45)(H,40,47). The number of nitrogens with zero attached hydrogens (tertiary/aromatic N) is 3. The highest BCUT2D eigenvalue weighted by molar-refractivity contribution is 7.91. The summed E-state index contributed by atoms with van der Waals surface area (Å²) < 4.78 is 53.0. The molecule has 2 aliphatic heterocycles. The van der Waals surface area contributed by atoms with Gasteiger partial charge in [-0.05, 0) is 64.7 Å². The minimum atomic E-state index is -3.98. The summed E-state index contributed by atoms with van der Waals surface area (Å²) in [5.74, 6) is -4.28. The molecule has 294 valence electrons. The largest absolute Gasteiger partial charge is 0.444 e. The molecule has 2 aliphatic carbocycles. The summed E-state index contributed by atoms with van der Waals surface area (Å²) in [5.41, 5.74) is -1.69. The lowest BCUT2D eigenvalue weighted by molar-refractivity contribution is -0.142. The molecule has 6 amide bonds. The van der Waals surface area contributed by atoms with E-state index in [0.717, 1.165) is 11.0 Å². The summed E-state index contributed by atoms with van der Waals surface area (Å²) in [5, 5.41) is 4.44. The lowest BCUT2D eigenvalue weighted by Crippen LogP contribution is -2.60. The number of carbonyl (C=O) groups excluding carboxylic acids is 6. The summed E-state index contributed by atoms with van der Waals surface area (Å²) >= 11 is 0. The Morgan fingerprint density at radius 2 is 1.83 bits per heavy atom. The van der Waals surface area contributed by atoms with E-state index in [1.165, 1.54) is 28.0 Å². The molecule has 0 bridgehead atoms. The van der Waals surface area contributed by atoms with Crippen LogP contribution in [-0.2, 0) is 51.8 Å². The van der Waals surface area contributed by atoms with Gasteiger partial charge in [0.2, 0.25) is 27.7 Å². The number of sulfonamides is 1. The van der Waals surface area contributed by atoms with Crippen molar-refractivity contribution in [2.45, 2.75) is 101 Å². The molecule has 5 rings (SSSR count). The van der Waals surface area contributed by atoms with Crippen LogP contribution in [0.3, 0.4) is 0 Å². The van der Waals surface area contributed by atoms with Gasteiger partial charge in [0.15, 0.2) is 0 Å². The molecule has 1 saturated heterocycles. The van der Waals surface area contributed by atoms with Crippen LogP contribution < -0.4 is 15.4 Å². The average molecular weight is 775 g/mol. The molecular formula is C36H47FN6O10S. The van der Waals surface area contributed by atoms with E-state index in [4.69, 9.17) is 9.47 Å². The van der Waals surface area contributed by atoms with Crippen LogP contribution in [0.15, 0.2) is 43.5 Å². The van der Waals surface area contributed by atoms with Crippen molar-refractivity contribution in [2.75, 3.05) is 19.6 Å². The molecule has 18 heteroatoms. The fraction of sp³-hybridized carbons (Fsp3) is 0.556. The van der Waals surface area contributed by atoms with Crippen molar-refractivity contribution in [3.63, 3.8) is 0 Å². The number of rotatable bonds is 13. The Morgan fingerprint density at radius 1 is 1.13 bits per heavy atom. The highest BCUT2D eigenvalue weighted by atomic mass is 32.2. The first kappa shape index (κ1) is 40.2. The number of hydrogen-bond donors (Lipinski definition) is 3. The second-order valence-electron chi connectivity index (χ2n) is 14.9. The van der Waals surface area contributed by atoms with Gasteiger partial charge in [0.05, 0.1) is 24.9 Å². The zero-order valence-electron chi connectivity index (χ0n) is 30.8. The maximum absolute atomic E-state index is 14.4. The Balaban J connectivity index is 1.41. The third-order valence-corrected chi connectivity index (χ3v) is 11.6. The summed E-state index contributed by atoms with van der Waals surface area (Å²) in [6.07, 6.45) is 0.159. The van der Waals surface area contributed by atoms with Crippen LogP contribution >= 0.6 is 0 Å². The molecule has 16 nitrogen and oxygen atoms in total. The minimum absolute atomic E-state index is 0.0391. The second kappa shape index (κ2) is 15.4. The van der Waals surface area contributed by atoms with E-state index in [2.05, 4.69) is 28.5 Å². The Bertz CT molecular complexity index is 1850. The van der Waals surface area contributed by atoms with E-state index in [1.54, 1.807) is 33.8 Å². The van der Waals surface area contributed by atoms with Gasteiger partial charge in [-0.1, -0.05) is 24.8 Å². The number of fused-ring (bicyclic) bond motifs is 1. The van der Waals surface area contributed by atoms with Crippen molar-refractivity contribution in [1.82, 2.24) is 30.1 Å². The topological polar surface area (TPSA) is 201 Å². The maximum Gasteiger partial charge on any atom is 0.410 e. The predicted octanol–water partition coefficient (Wildman–Crippen LogP) is 1.84. The van der Waals surface area contributed by atoms with E-state index in [0.29, 0.717) is 24.0 Å². The van der Waals surface area contributed by atoms with Crippen LogP contribution in [0.1, 0.15) is 64.5 Å².